The maximum Gasteiger partial charge on any atom is 0.167 e. The van der Waals surface area contributed by atoms with Gasteiger partial charge in [0.25, 0.3) is 0 Å². The van der Waals surface area contributed by atoms with Crippen LogP contribution in [0.25, 0.3) is 0 Å². The van der Waals surface area contributed by atoms with Gasteiger partial charge in [-0.05, 0) is 19.3 Å². The maximum absolute atomic E-state index is 12.0. The van der Waals surface area contributed by atoms with Crippen LogP contribution in [0.4, 0.5) is 0 Å². The van der Waals surface area contributed by atoms with Gasteiger partial charge in [-0.1, -0.05) is 13.8 Å². The van der Waals surface area contributed by atoms with E-state index in [0.717, 1.165) is 6.42 Å². The lowest BCUT2D eigenvalue weighted by Gasteiger charge is -2.21. The fourth-order valence-corrected chi connectivity index (χ4v) is 1.77. The molecule has 1 saturated heterocycles. The van der Waals surface area contributed by atoms with E-state index in [0.29, 0.717) is 19.8 Å². The van der Waals surface area contributed by atoms with E-state index in [9.17, 15) is 4.79 Å². The Bertz CT molecular complexity index is 183. The van der Waals surface area contributed by atoms with Gasteiger partial charge in [0.1, 0.15) is 6.10 Å². The molecule has 2 atom stereocenters. The number of hydrogen-bond acceptors (Lipinski definition) is 3. The molecule has 3 nitrogen and oxygen atoms in total. The van der Waals surface area contributed by atoms with E-state index in [2.05, 4.69) is 0 Å². The van der Waals surface area contributed by atoms with Gasteiger partial charge in [-0.3, -0.25) is 4.79 Å². The van der Waals surface area contributed by atoms with E-state index in [4.69, 9.17) is 9.47 Å². The second-order valence-corrected chi connectivity index (χ2v) is 4.08. The summed E-state index contributed by atoms with van der Waals surface area (Å²) < 4.78 is 10.7. The number of hydrogen-bond donors (Lipinski definition) is 0. The minimum Gasteiger partial charge on any atom is -0.381 e. The topological polar surface area (TPSA) is 35.5 Å². The lowest BCUT2D eigenvalue weighted by Crippen LogP contribution is -2.35. The molecule has 0 N–H and O–H groups in total. The lowest BCUT2D eigenvalue weighted by molar-refractivity contribution is -0.137. The highest BCUT2D eigenvalue weighted by molar-refractivity contribution is 5.86. The third kappa shape index (κ3) is 2.79. The Kier molecular flexibility index (Phi) is 4.55. The summed E-state index contributed by atoms with van der Waals surface area (Å²) >= 11 is 0. The van der Waals surface area contributed by atoms with Crippen LogP contribution in [0.2, 0.25) is 0 Å². The summed E-state index contributed by atoms with van der Waals surface area (Å²) in [6, 6.07) is 0. The first-order valence-electron chi connectivity index (χ1n) is 5.39. The summed E-state index contributed by atoms with van der Waals surface area (Å²) in [4.78, 5) is 12.0. The molecular weight excluding hydrogens is 180 g/mol. The molecule has 1 rings (SSSR count). The first kappa shape index (κ1) is 11.7. The van der Waals surface area contributed by atoms with Crippen LogP contribution in [0, 0.1) is 11.8 Å². The molecule has 2 unspecified atom stereocenters. The zero-order chi connectivity index (χ0) is 10.6. The third-order valence-electron chi connectivity index (χ3n) is 2.56. The van der Waals surface area contributed by atoms with Crippen molar-refractivity contribution >= 4 is 5.78 Å². The molecule has 0 aromatic rings. The summed E-state index contributed by atoms with van der Waals surface area (Å²) in [5.74, 6) is 0.538. The van der Waals surface area contributed by atoms with Gasteiger partial charge in [0.15, 0.2) is 5.78 Å². The van der Waals surface area contributed by atoms with Gasteiger partial charge in [0.05, 0.1) is 6.61 Å². The summed E-state index contributed by atoms with van der Waals surface area (Å²) in [6.07, 6.45) is 0.612. The van der Waals surface area contributed by atoms with Crippen LogP contribution >= 0.6 is 0 Å². The Morgan fingerprint density at radius 1 is 1.57 bits per heavy atom. The first-order chi connectivity index (χ1) is 6.66. The Morgan fingerprint density at radius 2 is 2.29 bits per heavy atom. The summed E-state index contributed by atoms with van der Waals surface area (Å²) in [5, 5.41) is 0. The van der Waals surface area contributed by atoms with Crippen molar-refractivity contribution in [2.75, 3.05) is 19.8 Å². The van der Waals surface area contributed by atoms with Crippen LogP contribution < -0.4 is 0 Å². The minimum absolute atomic E-state index is 0.0638. The SMILES string of the molecule is CCOC(C(=O)C1CCOC1)C(C)C. The van der Waals surface area contributed by atoms with E-state index < -0.39 is 0 Å². The fourth-order valence-electron chi connectivity index (χ4n) is 1.77. The molecule has 0 bridgehead atoms. The van der Waals surface area contributed by atoms with Crippen LogP contribution in [0.1, 0.15) is 27.2 Å². The van der Waals surface area contributed by atoms with E-state index in [1.165, 1.54) is 0 Å². The third-order valence-corrected chi connectivity index (χ3v) is 2.56. The van der Waals surface area contributed by atoms with Gasteiger partial charge in [-0.25, -0.2) is 0 Å². The highest BCUT2D eigenvalue weighted by Crippen LogP contribution is 2.20. The van der Waals surface area contributed by atoms with Crippen molar-refractivity contribution in [2.24, 2.45) is 11.8 Å². The highest BCUT2D eigenvalue weighted by atomic mass is 16.5. The average molecular weight is 200 g/mol. The molecule has 0 aliphatic carbocycles. The maximum atomic E-state index is 12.0. The molecule has 82 valence electrons. The predicted octanol–water partition coefficient (Wildman–Crippen LogP) is 1.65. The molecular formula is C11H20O3. The number of carbonyl (C=O) groups is 1. The van der Waals surface area contributed by atoms with Gasteiger partial charge in [-0.15, -0.1) is 0 Å². The number of ketones is 1. The Hall–Kier alpha value is -0.410. The number of Topliss-reactive ketones (excluding diaryl/α,β-unsaturated/α-hetero) is 1. The summed E-state index contributed by atoms with van der Waals surface area (Å²) in [5.41, 5.74) is 0. The van der Waals surface area contributed by atoms with Crippen molar-refractivity contribution in [3.8, 4) is 0 Å². The molecule has 0 aromatic carbocycles. The van der Waals surface area contributed by atoms with E-state index in [1.807, 2.05) is 20.8 Å². The average Bonchev–Trinajstić information content (AvgIpc) is 2.65. The van der Waals surface area contributed by atoms with Gasteiger partial charge in [0.2, 0.25) is 0 Å². The van der Waals surface area contributed by atoms with Crippen LogP contribution in [-0.2, 0) is 14.3 Å². The Labute approximate surface area is 85.8 Å². The monoisotopic (exact) mass is 200 g/mol. The van der Waals surface area contributed by atoms with Gasteiger partial charge in [-0.2, -0.15) is 0 Å². The molecule has 14 heavy (non-hydrogen) atoms. The second-order valence-electron chi connectivity index (χ2n) is 4.08. The normalized spacial score (nSPS) is 24.1. The zero-order valence-corrected chi connectivity index (χ0v) is 9.29. The Balaban J connectivity index is 2.53. The van der Waals surface area contributed by atoms with Crippen LogP contribution in [0.5, 0.6) is 0 Å². The number of carbonyl (C=O) groups excluding carboxylic acids is 1. The van der Waals surface area contributed by atoms with Gasteiger partial charge >= 0.3 is 0 Å². The molecule has 0 aromatic heterocycles. The van der Waals surface area contributed by atoms with Gasteiger partial charge in [0, 0.05) is 19.1 Å². The molecule has 0 radical (unpaired) electrons. The van der Waals surface area contributed by atoms with Crippen molar-refractivity contribution in [3.05, 3.63) is 0 Å². The number of rotatable bonds is 5. The van der Waals surface area contributed by atoms with Gasteiger partial charge < -0.3 is 9.47 Å². The van der Waals surface area contributed by atoms with E-state index in [-0.39, 0.29) is 23.7 Å². The molecule has 1 heterocycles. The highest BCUT2D eigenvalue weighted by Gasteiger charge is 2.31. The largest absolute Gasteiger partial charge is 0.381 e. The molecule has 1 aliphatic heterocycles. The van der Waals surface area contributed by atoms with E-state index >= 15 is 0 Å². The summed E-state index contributed by atoms with van der Waals surface area (Å²) in [6.45, 7) is 7.86. The molecule has 1 fully saturated rings. The number of ether oxygens (including phenoxy) is 2. The second kappa shape index (κ2) is 5.47. The fraction of sp³-hybridized carbons (Fsp3) is 0.909. The smallest absolute Gasteiger partial charge is 0.167 e. The van der Waals surface area contributed by atoms with Crippen molar-refractivity contribution < 1.29 is 14.3 Å². The predicted molar refractivity (Wildman–Crippen MR) is 54.2 cm³/mol. The van der Waals surface area contributed by atoms with E-state index in [1.54, 1.807) is 0 Å². The van der Waals surface area contributed by atoms with Crippen molar-refractivity contribution in [1.82, 2.24) is 0 Å². The quantitative estimate of drug-likeness (QED) is 0.677. The van der Waals surface area contributed by atoms with Crippen molar-refractivity contribution in [2.45, 2.75) is 33.3 Å². The lowest BCUT2D eigenvalue weighted by atomic mass is 9.93. The minimum atomic E-state index is -0.244. The van der Waals surface area contributed by atoms with Crippen molar-refractivity contribution in [1.29, 1.82) is 0 Å². The summed E-state index contributed by atoms with van der Waals surface area (Å²) in [7, 11) is 0. The van der Waals surface area contributed by atoms with Crippen LogP contribution in [0.15, 0.2) is 0 Å². The molecule has 0 spiro atoms. The Morgan fingerprint density at radius 3 is 2.71 bits per heavy atom. The van der Waals surface area contributed by atoms with Crippen LogP contribution in [0.3, 0.4) is 0 Å². The first-order valence-corrected chi connectivity index (χ1v) is 5.39. The molecule has 3 heteroatoms. The van der Waals surface area contributed by atoms with Crippen LogP contribution in [-0.4, -0.2) is 31.7 Å². The molecule has 1 aliphatic rings. The molecule has 0 saturated carbocycles. The molecule has 0 amide bonds. The zero-order valence-electron chi connectivity index (χ0n) is 9.29. The van der Waals surface area contributed by atoms with Crippen molar-refractivity contribution in [3.63, 3.8) is 0 Å². The standard InChI is InChI=1S/C11H20O3/c1-4-14-11(8(2)3)10(12)9-5-6-13-7-9/h8-9,11H,4-7H2,1-3H3.